The number of anilines is 3. The third-order valence-corrected chi connectivity index (χ3v) is 14.7. The van der Waals surface area contributed by atoms with Gasteiger partial charge in [0.25, 0.3) is 11.8 Å². The Balaban J connectivity index is 0.775. The first-order valence-corrected chi connectivity index (χ1v) is 25.4. The molecule has 10 rings (SSSR count). The number of carbonyl (C=O) groups excluding carboxylic acids is 5. The summed E-state index contributed by atoms with van der Waals surface area (Å²) in [4.78, 5) is 72.4. The SMILES string of the molecule is COc1ccc(C2=CN3C(=O)c4cc(OC)c(OCCCOc5cc6c(cc5OC)C(=O)N5CC7(CC7)C[C@H]5C(O)N6C(=O)OCc5ccc(NC(=O)CNC(=O)[C@@H](N)Cc6ccccc6)cc5)cc4NC[C@@H]3C2)cc1. The Morgan fingerprint density at radius 3 is 2.20 bits per heavy atom. The Bertz CT molecular complexity index is 3040. The van der Waals surface area contributed by atoms with E-state index in [0.717, 1.165) is 40.2 Å². The number of amides is 5. The van der Waals surface area contributed by atoms with Crippen molar-refractivity contribution in [2.24, 2.45) is 11.1 Å². The number of nitrogens with two attached hydrogens (primary N) is 1. The lowest BCUT2D eigenvalue weighted by Gasteiger charge is -2.31. The van der Waals surface area contributed by atoms with Gasteiger partial charge < -0.3 is 65.0 Å². The molecule has 4 aliphatic heterocycles. The average Bonchev–Trinajstić information content (AvgIpc) is 4.05. The van der Waals surface area contributed by atoms with Crippen LogP contribution in [0, 0.1) is 5.41 Å². The lowest BCUT2D eigenvalue weighted by molar-refractivity contribution is -0.125. The number of ether oxygens (including phenoxy) is 6. The van der Waals surface area contributed by atoms with E-state index in [-0.39, 0.29) is 72.4 Å². The van der Waals surface area contributed by atoms with Crippen molar-refractivity contribution in [1.29, 1.82) is 0 Å². The number of fused-ring (bicyclic) bond motifs is 4. The summed E-state index contributed by atoms with van der Waals surface area (Å²) >= 11 is 0. The third kappa shape index (κ3) is 10.8. The molecular formula is C57H61N7O12. The normalized spacial score (nSPS) is 19.1. The van der Waals surface area contributed by atoms with E-state index in [1.54, 1.807) is 53.3 Å². The molecule has 0 bridgehead atoms. The molecule has 0 radical (unpaired) electrons. The van der Waals surface area contributed by atoms with Crippen LogP contribution in [-0.2, 0) is 27.4 Å². The standard InChI is InChI=1S/C57H61N7O12/c1-71-40-16-12-36(13-17-40)37-23-39-29-59-44-26-49(47(72-2)24-41(44)53(67)62(39)31-37)74-20-7-21-75-50-27-45-42(25-48(50)73-3)54(68)63-33-57(18-19-57)28-46(63)55(69)64(45)56(70)76-32-35-10-14-38(15-11-35)61-51(65)30-60-52(66)43(58)22-34-8-5-4-6-9-34/h4-6,8-17,24-27,31,39,43,46,55,59,69H,7,18-23,28-30,32-33,58H2,1-3H3,(H,60,66)(H,61,65)/t39-,43-,46-,55?/m0/s1. The molecule has 1 spiro atoms. The molecule has 1 saturated carbocycles. The highest BCUT2D eigenvalue weighted by atomic mass is 16.6. The first-order valence-electron chi connectivity index (χ1n) is 25.4. The zero-order chi connectivity index (χ0) is 53.1. The molecule has 2 fully saturated rings. The van der Waals surface area contributed by atoms with Crippen molar-refractivity contribution in [2.45, 2.75) is 69.5 Å². The second-order valence-corrected chi connectivity index (χ2v) is 19.8. The molecule has 19 heteroatoms. The van der Waals surface area contributed by atoms with Gasteiger partial charge in [0, 0.05) is 43.5 Å². The maximum Gasteiger partial charge on any atom is 0.416 e. The number of benzene rings is 5. The number of hydrogen-bond donors (Lipinski definition) is 5. The minimum Gasteiger partial charge on any atom is -0.497 e. The first kappa shape index (κ1) is 51.2. The van der Waals surface area contributed by atoms with Gasteiger partial charge in [-0.15, -0.1) is 0 Å². The quantitative estimate of drug-likeness (QED) is 0.0604. The van der Waals surface area contributed by atoms with Gasteiger partial charge in [-0.3, -0.25) is 19.2 Å². The molecule has 1 aliphatic carbocycles. The maximum absolute atomic E-state index is 14.4. The van der Waals surface area contributed by atoms with E-state index in [1.165, 1.54) is 26.4 Å². The minimum atomic E-state index is -1.44. The topological polar surface area (TPSA) is 233 Å². The van der Waals surface area contributed by atoms with E-state index < -0.39 is 36.2 Å². The highest BCUT2D eigenvalue weighted by Crippen LogP contribution is 2.57. The molecule has 4 atom stereocenters. The van der Waals surface area contributed by atoms with E-state index in [0.29, 0.717) is 72.8 Å². The lowest BCUT2D eigenvalue weighted by atomic mass is 10.0. The molecule has 5 aromatic carbocycles. The van der Waals surface area contributed by atoms with Crippen molar-refractivity contribution >= 4 is 52.4 Å². The smallest absolute Gasteiger partial charge is 0.416 e. The van der Waals surface area contributed by atoms with Crippen LogP contribution in [0.1, 0.15) is 69.5 Å². The Labute approximate surface area is 439 Å². The van der Waals surface area contributed by atoms with E-state index in [1.807, 2.05) is 60.8 Å². The van der Waals surface area contributed by atoms with Crippen molar-refractivity contribution in [3.63, 3.8) is 0 Å². The van der Waals surface area contributed by atoms with Gasteiger partial charge in [0.1, 0.15) is 12.4 Å². The van der Waals surface area contributed by atoms with Crippen LogP contribution >= 0.6 is 0 Å². The van der Waals surface area contributed by atoms with Crippen LogP contribution in [0.15, 0.2) is 109 Å². The number of nitrogens with one attached hydrogen (secondary N) is 3. The molecule has 19 nitrogen and oxygen atoms in total. The van der Waals surface area contributed by atoms with Crippen molar-refractivity contribution in [1.82, 2.24) is 15.1 Å². The first-order chi connectivity index (χ1) is 36.8. The maximum atomic E-state index is 14.4. The number of carbonyl (C=O) groups is 5. The number of aliphatic hydroxyl groups is 1. The monoisotopic (exact) mass is 1040 g/mol. The van der Waals surface area contributed by atoms with Gasteiger partial charge in [0.05, 0.1) is 81.7 Å². The van der Waals surface area contributed by atoms with Crippen LogP contribution in [0.3, 0.4) is 0 Å². The minimum absolute atomic E-state index is 0.0836. The highest BCUT2D eigenvalue weighted by Gasteiger charge is 2.58. The van der Waals surface area contributed by atoms with Crippen LogP contribution in [0.5, 0.6) is 28.7 Å². The molecule has 396 valence electrons. The fraction of sp³-hybridized carbons (Fsp3) is 0.351. The van der Waals surface area contributed by atoms with Crippen molar-refractivity contribution in [2.75, 3.05) is 69.7 Å². The summed E-state index contributed by atoms with van der Waals surface area (Å²) in [6.45, 7) is 0.835. The molecule has 0 aromatic heterocycles. The summed E-state index contributed by atoms with van der Waals surface area (Å²) in [6, 6.07) is 28.7. The zero-order valence-corrected chi connectivity index (χ0v) is 42.5. The number of rotatable bonds is 18. The van der Waals surface area contributed by atoms with Crippen LogP contribution in [-0.4, -0.2) is 123 Å². The van der Waals surface area contributed by atoms with Gasteiger partial charge in [-0.05, 0) is 96.2 Å². The van der Waals surface area contributed by atoms with E-state index >= 15 is 0 Å². The molecule has 1 unspecified atom stereocenters. The van der Waals surface area contributed by atoms with Crippen molar-refractivity contribution in [3.05, 3.63) is 137 Å². The second-order valence-electron chi connectivity index (χ2n) is 19.8. The largest absolute Gasteiger partial charge is 0.497 e. The predicted octanol–water partition coefficient (Wildman–Crippen LogP) is 6.34. The predicted molar refractivity (Wildman–Crippen MR) is 282 cm³/mol. The van der Waals surface area contributed by atoms with Crippen LogP contribution in [0.25, 0.3) is 5.57 Å². The van der Waals surface area contributed by atoms with Gasteiger partial charge in [-0.2, -0.15) is 0 Å². The fourth-order valence-electron chi connectivity index (χ4n) is 10.4. The van der Waals surface area contributed by atoms with Gasteiger partial charge >= 0.3 is 6.09 Å². The number of nitrogens with zero attached hydrogens (tertiary/aromatic N) is 3. The Hall–Kier alpha value is -8.29. The summed E-state index contributed by atoms with van der Waals surface area (Å²) in [5.74, 6) is 0.681. The Morgan fingerprint density at radius 2 is 1.51 bits per heavy atom. The zero-order valence-electron chi connectivity index (χ0n) is 42.5. The number of aliphatic hydroxyl groups excluding tert-OH is 1. The summed E-state index contributed by atoms with van der Waals surface area (Å²) in [7, 11) is 4.60. The molecule has 4 heterocycles. The molecule has 5 aromatic rings. The van der Waals surface area contributed by atoms with Gasteiger partial charge in [0.2, 0.25) is 11.8 Å². The number of methoxy groups -OCH3 is 3. The van der Waals surface area contributed by atoms with Crippen LogP contribution in [0.4, 0.5) is 21.9 Å². The van der Waals surface area contributed by atoms with E-state index in [4.69, 9.17) is 34.2 Å². The third-order valence-electron chi connectivity index (χ3n) is 14.7. The molecule has 76 heavy (non-hydrogen) atoms. The molecule has 1 saturated heterocycles. The van der Waals surface area contributed by atoms with Crippen LogP contribution in [0.2, 0.25) is 0 Å². The number of hydrogen-bond acceptors (Lipinski definition) is 14. The molecule has 5 aliphatic rings. The summed E-state index contributed by atoms with van der Waals surface area (Å²) in [5, 5.41) is 20.8. The molecule has 6 N–H and O–H groups in total. The summed E-state index contributed by atoms with van der Waals surface area (Å²) < 4.78 is 35.1. The van der Waals surface area contributed by atoms with Crippen molar-refractivity contribution < 1.29 is 57.5 Å². The summed E-state index contributed by atoms with van der Waals surface area (Å²) in [6.07, 6.45) is 3.37. The Morgan fingerprint density at radius 1 is 0.816 bits per heavy atom. The Kier molecular flexibility index (Phi) is 14.7. The second kappa shape index (κ2) is 21.9. The molecule has 5 amide bonds. The molecular weight excluding hydrogens is 975 g/mol. The van der Waals surface area contributed by atoms with Gasteiger partial charge in [0.15, 0.2) is 29.2 Å². The van der Waals surface area contributed by atoms with Crippen LogP contribution < -0.4 is 50.3 Å². The average molecular weight is 1040 g/mol. The van der Waals surface area contributed by atoms with E-state index in [9.17, 15) is 29.1 Å². The fourth-order valence-corrected chi connectivity index (χ4v) is 10.4. The van der Waals surface area contributed by atoms with Gasteiger partial charge in [-0.1, -0.05) is 54.6 Å². The van der Waals surface area contributed by atoms with Crippen molar-refractivity contribution in [3.8, 4) is 28.7 Å². The van der Waals surface area contributed by atoms with Gasteiger partial charge in [-0.25, -0.2) is 9.69 Å². The highest BCUT2D eigenvalue weighted by molar-refractivity contribution is 6.06. The summed E-state index contributed by atoms with van der Waals surface area (Å²) in [5.41, 5.74) is 11.3. The van der Waals surface area contributed by atoms with E-state index in [2.05, 4.69) is 16.0 Å². The lowest BCUT2D eigenvalue weighted by Crippen LogP contribution is -2.50.